The van der Waals surface area contributed by atoms with Gasteiger partial charge < -0.3 is 5.32 Å². The fourth-order valence-corrected chi connectivity index (χ4v) is 4.07. The minimum atomic E-state index is 0.760. The van der Waals surface area contributed by atoms with Crippen LogP contribution in [0.1, 0.15) is 44.1 Å². The molecule has 1 nitrogen and oxygen atoms in total. The molecule has 0 amide bonds. The van der Waals surface area contributed by atoms with Crippen LogP contribution in [0.15, 0.2) is 23.1 Å². The Morgan fingerprint density at radius 3 is 2.61 bits per heavy atom. The van der Waals surface area contributed by atoms with E-state index in [2.05, 4.69) is 23.5 Å². The van der Waals surface area contributed by atoms with Gasteiger partial charge in [-0.2, -0.15) is 0 Å². The molecular weight excluding hydrogens is 262 g/mol. The molecule has 0 heterocycles. The van der Waals surface area contributed by atoms with Gasteiger partial charge in [0, 0.05) is 22.7 Å². The Morgan fingerprint density at radius 1 is 1.17 bits per heavy atom. The summed E-state index contributed by atoms with van der Waals surface area (Å²) >= 11 is 8.36. The van der Waals surface area contributed by atoms with Crippen LogP contribution in [0.4, 0.5) is 0 Å². The van der Waals surface area contributed by atoms with Gasteiger partial charge in [0.15, 0.2) is 0 Å². The van der Waals surface area contributed by atoms with E-state index >= 15 is 0 Å². The molecule has 2 aliphatic rings. The smallest absolute Gasteiger partial charge is 0.0545 e. The Hall–Kier alpha value is -0.180. The number of benzene rings is 1. The molecule has 0 atom stereocenters. The van der Waals surface area contributed by atoms with E-state index < -0.39 is 0 Å². The summed E-state index contributed by atoms with van der Waals surface area (Å²) in [5, 5.41) is 5.25. The molecule has 2 fully saturated rings. The maximum atomic E-state index is 6.39. The number of nitrogens with one attached hydrogen (secondary N) is 1. The maximum absolute atomic E-state index is 6.39. The first-order valence-electron chi connectivity index (χ1n) is 7.00. The summed E-state index contributed by atoms with van der Waals surface area (Å²) in [5.41, 5.74) is 1.31. The van der Waals surface area contributed by atoms with E-state index in [4.69, 9.17) is 11.6 Å². The summed E-state index contributed by atoms with van der Waals surface area (Å²) in [5.74, 6) is 0. The molecule has 0 saturated heterocycles. The van der Waals surface area contributed by atoms with Gasteiger partial charge >= 0.3 is 0 Å². The molecule has 0 radical (unpaired) electrons. The third-order valence-electron chi connectivity index (χ3n) is 3.76. The van der Waals surface area contributed by atoms with Crippen LogP contribution in [0.5, 0.6) is 0 Å². The van der Waals surface area contributed by atoms with Crippen molar-refractivity contribution in [1.82, 2.24) is 5.32 Å². The zero-order valence-electron chi connectivity index (χ0n) is 10.6. The highest BCUT2D eigenvalue weighted by Gasteiger charge is 2.20. The van der Waals surface area contributed by atoms with Crippen molar-refractivity contribution in [2.24, 2.45) is 0 Å². The van der Waals surface area contributed by atoms with Crippen molar-refractivity contribution >= 4 is 23.4 Å². The first-order valence-corrected chi connectivity index (χ1v) is 8.25. The summed E-state index contributed by atoms with van der Waals surface area (Å²) in [4.78, 5) is 1.26. The Bertz CT molecular complexity index is 411. The standard InChI is InChI=1S/C15H20ClNS/c16-14-9-11(10-17-12-6-7-12)5-8-15(14)18-13-3-1-2-4-13/h5,8-9,12-13,17H,1-4,6-7,10H2. The molecule has 2 saturated carbocycles. The fraction of sp³-hybridized carbons (Fsp3) is 0.600. The first kappa shape index (κ1) is 12.8. The van der Waals surface area contributed by atoms with E-state index in [1.165, 1.54) is 49.0 Å². The molecule has 0 unspecified atom stereocenters. The normalized spacial score (nSPS) is 20.5. The number of thioether (sulfide) groups is 1. The van der Waals surface area contributed by atoms with Crippen LogP contribution < -0.4 is 5.32 Å². The van der Waals surface area contributed by atoms with Crippen LogP contribution in [0, 0.1) is 0 Å². The molecule has 1 aromatic carbocycles. The lowest BCUT2D eigenvalue weighted by molar-refractivity contribution is 0.687. The molecule has 1 N–H and O–H groups in total. The molecule has 0 spiro atoms. The van der Waals surface area contributed by atoms with Crippen molar-refractivity contribution in [2.75, 3.05) is 0 Å². The molecule has 0 aromatic heterocycles. The van der Waals surface area contributed by atoms with Crippen molar-refractivity contribution < 1.29 is 0 Å². The van der Waals surface area contributed by atoms with Crippen molar-refractivity contribution in [3.8, 4) is 0 Å². The van der Waals surface area contributed by atoms with Gasteiger partial charge in [0.2, 0.25) is 0 Å². The van der Waals surface area contributed by atoms with E-state index in [0.29, 0.717) is 0 Å². The number of halogens is 1. The molecule has 1 aromatic rings. The Morgan fingerprint density at radius 2 is 1.94 bits per heavy atom. The molecular formula is C15H20ClNS. The summed E-state index contributed by atoms with van der Waals surface area (Å²) in [6.07, 6.45) is 8.15. The van der Waals surface area contributed by atoms with Crippen molar-refractivity contribution in [3.63, 3.8) is 0 Å². The average Bonchev–Trinajstić information content (AvgIpc) is 3.06. The van der Waals surface area contributed by atoms with Gasteiger partial charge in [-0.05, 0) is 43.4 Å². The molecule has 3 rings (SSSR count). The van der Waals surface area contributed by atoms with E-state index in [1.807, 2.05) is 11.8 Å². The molecule has 18 heavy (non-hydrogen) atoms. The first-order chi connectivity index (χ1) is 8.81. The number of hydrogen-bond acceptors (Lipinski definition) is 2. The lowest BCUT2D eigenvalue weighted by Crippen LogP contribution is -2.15. The highest BCUT2D eigenvalue weighted by Crippen LogP contribution is 2.38. The summed E-state index contributed by atoms with van der Waals surface area (Å²) in [6, 6.07) is 7.32. The van der Waals surface area contributed by atoms with Gasteiger partial charge in [0.25, 0.3) is 0 Å². The highest BCUT2D eigenvalue weighted by atomic mass is 35.5. The lowest BCUT2D eigenvalue weighted by atomic mass is 10.2. The van der Waals surface area contributed by atoms with Crippen molar-refractivity contribution in [2.45, 2.75) is 61.3 Å². The van der Waals surface area contributed by atoms with E-state index in [0.717, 1.165) is 22.9 Å². The van der Waals surface area contributed by atoms with Gasteiger partial charge in [-0.1, -0.05) is 30.5 Å². The Kier molecular flexibility index (Phi) is 4.17. The second kappa shape index (κ2) is 5.85. The van der Waals surface area contributed by atoms with Gasteiger partial charge in [-0.15, -0.1) is 11.8 Å². The second-order valence-electron chi connectivity index (χ2n) is 5.44. The summed E-state index contributed by atoms with van der Waals surface area (Å²) in [6.45, 7) is 0.957. The van der Waals surface area contributed by atoms with Gasteiger partial charge in [0.1, 0.15) is 0 Å². The SMILES string of the molecule is Clc1cc(CNC2CC2)ccc1SC1CCCC1. The maximum Gasteiger partial charge on any atom is 0.0545 e. The van der Waals surface area contributed by atoms with Gasteiger partial charge in [-0.3, -0.25) is 0 Å². The van der Waals surface area contributed by atoms with Crippen LogP contribution in [0.2, 0.25) is 5.02 Å². The summed E-state index contributed by atoms with van der Waals surface area (Å²) < 4.78 is 0. The van der Waals surface area contributed by atoms with Crippen LogP contribution >= 0.6 is 23.4 Å². The Labute approximate surface area is 119 Å². The number of rotatable bonds is 5. The second-order valence-corrected chi connectivity index (χ2v) is 7.19. The van der Waals surface area contributed by atoms with Crippen molar-refractivity contribution in [1.29, 1.82) is 0 Å². The minimum absolute atomic E-state index is 0.760. The molecule has 0 bridgehead atoms. The monoisotopic (exact) mass is 281 g/mol. The molecule has 3 heteroatoms. The average molecular weight is 282 g/mol. The number of hydrogen-bond donors (Lipinski definition) is 1. The molecule has 2 aliphatic carbocycles. The predicted octanol–water partition coefficient (Wildman–Crippen LogP) is 4.63. The van der Waals surface area contributed by atoms with Crippen LogP contribution in [0.25, 0.3) is 0 Å². The van der Waals surface area contributed by atoms with E-state index in [9.17, 15) is 0 Å². The topological polar surface area (TPSA) is 12.0 Å². The Balaban J connectivity index is 1.60. The van der Waals surface area contributed by atoms with Crippen LogP contribution in [-0.2, 0) is 6.54 Å². The lowest BCUT2D eigenvalue weighted by Gasteiger charge is -2.11. The van der Waals surface area contributed by atoms with E-state index in [1.54, 1.807) is 0 Å². The van der Waals surface area contributed by atoms with Crippen molar-refractivity contribution in [3.05, 3.63) is 28.8 Å². The van der Waals surface area contributed by atoms with Crippen LogP contribution in [0.3, 0.4) is 0 Å². The van der Waals surface area contributed by atoms with Gasteiger partial charge in [0.05, 0.1) is 5.02 Å². The largest absolute Gasteiger partial charge is 0.310 e. The zero-order chi connectivity index (χ0) is 12.4. The quantitative estimate of drug-likeness (QED) is 0.845. The zero-order valence-corrected chi connectivity index (χ0v) is 12.2. The van der Waals surface area contributed by atoms with E-state index in [-0.39, 0.29) is 0 Å². The van der Waals surface area contributed by atoms with Gasteiger partial charge in [-0.25, -0.2) is 0 Å². The molecule has 98 valence electrons. The summed E-state index contributed by atoms with van der Waals surface area (Å²) in [7, 11) is 0. The third-order valence-corrected chi connectivity index (χ3v) is 5.60. The highest BCUT2D eigenvalue weighted by molar-refractivity contribution is 8.00. The third kappa shape index (κ3) is 3.43. The fourth-order valence-electron chi connectivity index (χ4n) is 2.49. The van der Waals surface area contributed by atoms with Crippen LogP contribution in [-0.4, -0.2) is 11.3 Å². The minimum Gasteiger partial charge on any atom is -0.310 e. The predicted molar refractivity (Wildman–Crippen MR) is 79.4 cm³/mol. The molecule has 0 aliphatic heterocycles.